The fraction of sp³-hybridized carbons (Fsp3) is 0.188. The first-order chi connectivity index (χ1) is 10.1. The quantitative estimate of drug-likeness (QED) is 0.750. The summed E-state index contributed by atoms with van der Waals surface area (Å²) in [7, 11) is 0. The number of anilines is 1. The fourth-order valence-electron chi connectivity index (χ4n) is 1.75. The zero-order valence-electron chi connectivity index (χ0n) is 11.5. The molecule has 2 rings (SSSR count). The first-order valence-corrected chi connectivity index (χ1v) is 8.29. The molecule has 0 unspecified atom stereocenters. The third kappa shape index (κ3) is 4.95. The van der Waals surface area contributed by atoms with Gasteiger partial charge >= 0.3 is 0 Å². The number of benzene rings is 2. The Bertz CT molecular complexity index is 629. The van der Waals surface area contributed by atoms with Crippen LogP contribution >= 0.6 is 35.0 Å². The van der Waals surface area contributed by atoms with Crippen molar-refractivity contribution in [2.75, 3.05) is 11.1 Å². The van der Waals surface area contributed by atoms with Crippen LogP contribution in [0.15, 0.2) is 47.4 Å². The molecule has 0 aliphatic carbocycles. The number of amides is 1. The standard InChI is InChI=1S/C16H15Cl2NOS/c1-2-11-3-6-13(7-4-11)19-16(20)10-21-15-9-12(17)5-8-14(15)18/h3-9H,2,10H2,1H3,(H,19,20). The zero-order valence-corrected chi connectivity index (χ0v) is 13.9. The summed E-state index contributed by atoms with van der Waals surface area (Å²) in [6, 6.07) is 13.1. The summed E-state index contributed by atoms with van der Waals surface area (Å²) in [5.74, 6) is 0.218. The fourth-order valence-corrected chi connectivity index (χ4v) is 3.04. The van der Waals surface area contributed by atoms with E-state index < -0.39 is 0 Å². The van der Waals surface area contributed by atoms with Crippen LogP contribution in [0.4, 0.5) is 5.69 Å². The summed E-state index contributed by atoms with van der Waals surface area (Å²) in [5, 5.41) is 4.07. The van der Waals surface area contributed by atoms with E-state index >= 15 is 0 Å². The van der Waals surface area contributed by atoms with E-state index in [1.807, 2.05) is 24.3 Å². The number of thioether (sulfide) groups is 1. The number of aryl methyl sites for hydroxylation is 1. The molecule has 1 N–H and O–H groups in total. The number of carbonyl (C=O) groups excluding carboxylic acids is 1. The molecule has 5 heteroatoms. The Kier molecular flexibility index (Phi) is 5.97. The van der Waals surface area contributed by atoms with Crippen LogP contribution in [0.3, 0.4) is 0 Å². The van der Waals surface area contributed by atoms with Crippen molar-refractivity contribution in [1.29, 1.82) is 0 Å². The Labute approximate surface area is 138 Å². The summed E-state index contributed by atoms with van der Waals surface area (Å²) in [4.78, 5) is 12.7. The van der Waals surface area contributed by atoms with E-state index in [4.69, 9.17) is 23.2 Å². The van der Waals surface area contributed by atoms with E-state index in [0.29, 0.717) is 10.0 Å². The van der Waals surface area contributed by atoms with Crippen molar-refractivity contribution in [3.8, 4) is 0 Å². The van der Waals surface area contributed by atoms with E-state index in [9.17, 15) is 4.79 Å². The van der Waals surface area contributed by atoms with Gasteiger partial charge in [0.05, 0.1) is 10.8 Å². The van der Waals surface area contributed by atoms with Crippen LogP contribution < -0.4 is 5.32 Å². The van der Waals surface area contributed by atoms with Gasteiger partial charge in [-0.1, -0.05) is 42.3 Å². The van der Waals surface area contributed by atoms with E-state index in [1.54, 1.807) is 18.2 Å². The highest BCUT2D eigenvalue weighted by Gasteiger charge is 2.07. The largest absolute Gasteiger partial charge is 0.325 e. The van der Waals surface area contributed by atoms with Gasteiger partial charge in [0.25, 0.3) is 0 Å². The topological polar surface area (TPSA) is 29.1 Å². The molecule has 2 nitrogen and oxygen atoms in total. The SMILES string of the molecule is CCc1ccc(NC(=O)CSc2cc(Cl)ccc2Cl)cc1. The van der Waals surface area contributed by atoms with Gasteiger partial charge in [-0.15, -0.1) is 11.8 Å². The Morgan fingerprint density at radius 3 is 2.52 bits per heavy atom. The highest BCUT2D eigenvalue weighted by atomic mass is 35.5. The molecule has 0 saturated heterocycles. The maximum absolute atomic E-state index is 11.9. The van der Waals surface area contributed by atoms with Gasteiger partial charge in [-0.2, -0.15) is 0 Å². The van der Waals surface area contributed by atoms with E-state index in [-0.39, 0.29) is 11.7 Å². The summed E-state index contributed by atoms with van der Waals surface area (Å²) in [6.45, 7) is 2.10. The molecule has 0 radical (unpaired) electrons. The first kappa shape index (κ1) is 16.2. The van der Waals surface area contributed by atoms with Crippen molar-refractivity contribution in [3.05, 3.63) is 58.1 Å². The minimum Gasteiger partial charge on any atom is -0.325 e. The van der Waals surface area contributed by atoms with Crippen LogP contribution in [-0.2, 0) is 11.2 Å². The molecule has 1 amide bonds. The van der Waals surface area contributed by atoms with Crippen molar-refractivity contribution in [3.63, 3.8) is 0 Å². The maximum atomic E-state index is 11.9. The monoisotopic (exact) mass is 339 g/mol. The first-order valence-electron chi connectivity index (χ1n) is 6.55. The molecule has 2 aromatic rings. The normalized spacial score (nSPS) is 10.4. The van der Waals surface area contributed by atoms with Gasteiger partial charge in [-0.05, 0) is 42.3 Å². The molecule has 0 atom stereocenters. The second kappa shape index (κ2) is 7.74. The number of rotatable bonds is 5. The molecule has 110 valence electrons. The van der Waals surface area contributed by atoms with Crippen molar-refractivity contribution >= 4 is 46.6 Å². The van der Waals surface area contributed by atoms with E-state index in [0.717, 1.165) is 17.0 Å². The number of halogens is 2. The molecule has 0 bridgehead atoms. The predicted octanol–water partition coefficient (Wildman–Crippen LogP) is 5.29. The molecule has 0 heterocycles. The number of hydrogen-bond donors (Lipinski definition) is 1. The third-order valence-electron chi connectivity index (χ3n) is 2.90. The molecular formula is C16H15Cl2NOS. The lowest BCUT2D eigenvalue weighted by atomic mass is 10.1. The van der Waals surface area contributed by atoms with Gasteiger partial charge in [-0.25, -0.2) is 0 Å². The van der Waals surface area contributed by atoms with Gasteiger partial charge in [-0.3, -0.25) is 4.79 Å². The molecule has 0 aromatic heterocycles. The Hall–Kier alpha value is -1.16. The van der Waals surface area contributed by atoms with Gasteiger partial charge in [0.1, 0.15) is 0 Å². The second-order valence-electron chi connectivity index (χ2n) is 4.46. The average Bonchev–Trinajstić information content (AvgIpc) is 2.49. The molecule has 0 spiro atoms. The van der Waals surface area contributed by atoms with Crippen molar-refractivity contribution in [2.24, 2.45) is 0 Å². The number of hydrogen-bond acceptors (Lipinski definition) is 2. The van der Waals surface area contributed by atoms with Gasteiger partial charge in [0, 0.05) is 15.6 Å². The van der Waals surface area contributed by atoms with Gasteiger partial charge < -0.3 is 5.32 Å². The lowest BCUT2D eigenvalue weighted by Gasteiger charge is -2.07. The van der Waals surface area contributed by atoms with Crippen LogP contribution in [0.2, 0.25) is 10.0 Å². The second-order valence-corrected chi connectivity index (χ2v) is 6.32. The lowest BCUT2D eigenvalue weighted by Crippen LogP contribution is -2.13. The third-order valence-corrected chi connectivity index (χ3v) is 4.63. The number of nitrogens with one attached hydrogen (secondary N) is 1. The molecular weight excluding hydrogens is 325 g/mol. The zero-order chi connectivity index (χ0) is 15.2. The summed E-state index contributed by atoms with van der Waals surface area (Å²) < 4.78 is 0. The Morgan fingerprint density at radius 1 is 1.14 bits per heavy atom. The average molecular weight is 340 g/mol. The molecule has 0 saturated carbocycles. The van der Waals surface area contributed by atoms with Crippen LogP contribution in [-0.4, -0.2) is 11.7 Å². The Morgan fingerprint density at radius 2 is 1.86 bits per heavy atom. The van der Waals surface area contributed by atoms with Crippen molar-refractivity contribution in [1.82, 2.24) is 0 Å². The van der Waals surface area contributed by atoms with Crippen LogP contribution in [0.1, 0.15) is 12.5 Å². The maximum Gasteiger partial charge on any atom is 0.234 e. The summed E-state index contributed by atoms with van der Waals surface area (Å²) in [5.41, 5.74) is 2.04. The van der Waals surface area contributed by atoms with Crippen molar-refractivity contribution in [2.45, 2.75) is 18.2 Å². The molecule has 2 aromatic carbocycles. The van der Waals surface area contributed by atoms with Crippen LogP contribution in [0, 0.1) is 0 Å². The molecule has 0 fully saturated rings. The van der Waals surface area contributed by atoms with Gasteiger partial charge in [0.15, 0.2) is 0 Å². The van der Waals surface area contributed by atoms with Gasteiger partial charge in [0.2, 0.25) is 5.91 Å². The number of carbonyl (C=O) groups is 1. The highest BCUT2D eigenvalue weighted by molar-refractivity contribution is 8.00. The minimum atomic E-state index is -0.0692. The van der Waals surface area contributed by atoms with E-state index in [2.05, 4.69) is 12.2 Å². The molecule has 21 heavy (non-hydrogen) atoms. The predicted molar refractivity (Wildman–Crippen MR) is 91.6 cm³/mol. The van der Waals surface area contributed by atoms with E-state index in [1.165, 1.54) is 17.3 Å². The van der Waals surface area contributed by atoms with Crippen molar-refractivity contribution < 1.29 is 4.79 Å². The molecule has 0 aliphatic rings. The lowest BCUT2D eigenvalue weighted by molar-refractivity contribution is -0.113. The highest BCUT2D eigenvalue weighted by Crippen LogP contribution is 2.29. The smallest absolute Gasteiger partial charge is 0.234 e. The summed E-state index contributed by atoms with van der Waals surface area (Å²) >= 11 is 13.3. The Balaban J connectivity index is 1.91. The molecule has 0 aliphatic heterocycles. The van der Waals surface area contributed by atoms with Crippen LogP contribution in [0.25, 0.3) is 0 Å². The minimum absolute atomic E-state index is 0.0692. The summed E-state index contributed by atoms with van der Waals surface area (Å²) in [6.07, 6.45) is 0.983. The van der Waals surface area contributed by atoms with Crippen LogP contribution in [0.5, 0.6) is 0 Å².